The molecule has 1 aliphatic carbocycles. The summed E-state index contributed by atoms with van der Waals surface area (Å²) in [6.07, 6.45) is 4.18. The SMILES string of the molecule is CCC(C)(C)C(=O)NCC1CCC(Cl)C1. The van der Waals surface area contributed by atoms with Gasteiger partial charge in [-0.15, -0.1) is 11.6 Å². The third kappa shape index (κ3) is 3.67. The number of carbonyl (C=O) groups excluding carboxylic acids is 1. The molecule has 1 saturated carbocycles. The smallest absolute Gasteiger partial charge is 0.225 e. The van der Waals surface area contributed by atoms with Crippen molar-refractivity contribution in [2.75, 3.05) is 6.54 Å². The van der Waals surface area contributed by atoms with Crippen molar-refractivity contribution in [2.24, 2.45) is 11.3 Å². The van der Waals surface area contributed by atoms with Crippen molar-refractivity contribution in [1.29, 1.82) is 0 Å². The molecular weight excluding hydrogens is 210 g/mol. The quantitative estimate of drug-likeness (QED) is 0.741. The Morgan fingerprint density at radius 3 is 2.60 bits per heavy atom. The van der Waals surface area contributed by atoms with Gasteiger partial charge in [0.15, 0.2) is 0 Å². The molecule has 0 aliphatic heterocycles. The third-order valence-electron chi connectivity index (χ3n) is 3.53. The molecule has 0 aromatic carbocycles. The zero-order chi connectivity index (χ0) is 11.5. The number of alkyl halides is 1. The summed E-state index contributed by atoms with van der Waals surface area (Å²) in [5.74, 6) is 0.757. The number of halogens is 1. The molecule has 0 aromatic heterocycles. The summed E-state index contributed by atoms with van der Waals surface area (Å²) in [5.41, 5.74) is -0.237. The summed E-state index contributed by atoms with van der Waals surface area (Å²) < 4.78 is 0. The van der Waals surface area contributed by atoms with E-state index in [1.165, 1.54) is 0 Å². The van der Waals surface area contributed by atoms with Crippen LogP contribution in [-0.2, 0) is 4.79 Å². The van der Waals surface area contributed by atoms with Crippen LogP contribution in [0, 0.1) is 11.3 Å². The Hall–Kier alpha value is -0.240. The van der Waals surface area contributed by atoms with E-state index in [-0.39, 0.29) is 11.3 Å². The molecule has 2 nitrogen and oxygen atoms in total. The minimum atomic E-state index is -0.237. The summed E-state index contributed by atoms with van der Waals surface area (Å²) in [6, 6.07) is 0. The lowest BCUT2D eigenvalue weighted by molar-refractivity contribution is -0.129. The molecule has 0 bridgehead atoms. The van der Waals surface area contributed by atoms with Crippen LogP contribution in [0.4, 0.5) is 0 Å². The molecule has 2 atom stereocenters. The normalized spacial score (nSPS) is 26.7. The molecule has 1 rings (SSSR count). The lowest BCUT2D eigenvalue weighted by atomic mass is 9.89. The monoisotopic (exact) mass is 231 g/mol. The fourth-order valence-corrected chi connectivity index (χ4v) is 2.21. The summed E-state index contributed by atoms with van der Waals surface area (Å²) in [5, 5.41) is 3.36. The van der Waals surface area contributed by atoms with E-state index in [2.05, 4.69) is 5.32 Å². The molecule has 3 heteroatoms. The van der Waals surface area contributed by atoms with E-state index in [9.17, 15) is 4.79 Å². The van der Waals surface area contributed by atoms with Crippen molar-refractivity contribution >= 4 is 17.5 Å². The average Bonchev–Trinajstić information content (AvgIpc) is 2.60. The van der Waals surface area contributed by atoms with Crippen molar-refractivity contribution in [1.82, 2.24) is 5.32 Å². The number of hydrogen-bond donors (Lipinski definition) is 1. The van der Waals surface area contributed by atoms with Gasteiger partial charge in [0.05, 0.1) is 0 Å². The summed E-state index contributed by atoms with van der Waals surface area (Å²) in [6.45, 7) is 6.82. The van der Waals surface area contributed by atoms with E-state index < -0.39 is 0 Å². The van der Waals surface area contributed by atoms with Crippen LogP contribution in [0.1, 0.15) is 46.5 Å². The summed E-state index contributed by atoms with van der Waals surface area (Å²) in [7, 11) is 0. The fraction of sp³-hybridized carbons (Fsp3) is 0.917. The largest absolute Gasteiger partial charge is 0.355 e. The molecule has 88 valence electrons. The predicted molar refractivity (Wildman–Crippen MR) is 64.1 cm³/mol. The van der Waals surface area contributed by atoms with E-state index in [1.807, 2.05) is 20.8 Å². The number of carbonyl (C=O) groups is 1. The Labute approximate surface area is 97.8 Å². The molecule has 0 heterocycles. The fourth-order valence-electron chi connectivity index (χ4n) is 1.84. The minimum Gasteiger partial charge on any atom is -0.355 e. The van der Waals surface area contributed by atoms with Crippen LogP contribution in [0.3, 0.4) is 0 Å². The van der Waals surface area contributed by atoms with Crippen LogP contribution in [-0.4, -0.2) is 17.8 Å². The Balaban J connectivity index is 2.28. The van der Waals surface area contributed by atoms with Gasteiger partial charge in [-0.2, -0.15) is 0 Å². The van der Waals surface area contributed by atoms with E-state index >= 15 is 0 Å². The predicted octanol–water partition coefficient (Wildman–Crippen LogP) is 2.95. The number of hydrogen-bond acceptors (Lipinski definition) is 1. The van der Waals surface area contributed by atoms with Gasteiger partial charge >= 0.3 is 0 Å². The summed E-state index contributed by atoms with van der Waals surface area (Å²) >= 11 is 6.03. The Morgan fingerprint density at radius 1 is 1.47 bits per heavy atom. The lowest BCUT2D eigenvalue weighted by Gasteiger charge is -2.22. The van der Waals surface area contributed by atoms with E-state index in [0.717, 1.165) is 32.2 Å². The first-order valence-electron chi connectivity index (χ1n) is 5.88. The van der Waals surface area contributed by atoms with Gasteiger partial charge in [-0.1, -0.05) is 20.8 Å². The van der Waals surface area contributed by atoms with Crippen LogP contribution in [0.2, 0.25) is 0 Å². The lowest BCUT2D eigenvalue weighted by Crippen LogP contribution is -2.38. The van der Waals surface area contributed by atoms with Crippen molar-refractivity contribution in [2.45, 2.75) is 51.8 Å². The number of nitrogens with one attached hydrogen (secondary N) is 1. The topological polar surface area (TPSA) is 29.1 Å². The molecule has 1 aliphatic rings. The van der Waals surface area contributed by atoms with Gasteiger partial charge in [0.1, 0.15) is 0 Å². The minimum absolute atomic E-state index is 0.169. The van der Waals surface area contributed by atoms with Crippen molar-refractivity contribution in [3.63, 3.8) is 0 Å². The first-order valence-corrected chi connectivity index (χ1v) is 6.31. The molecule has 0 spiro atoms. The Bertz CT molecular complexity index is 228. The maximum atomic E-state index is 11.8. The number of rotatable bonds is 4. The average molecular weight is 232 g/mol. The van der Waals surface area contributed by atoms with Gasteiger partial charge in [-0.05, 0) is 31.6 Å². The Morgan fingerprint density at radius 2 is 2.13 bits per heavy atom. The van der Waals surface area contributed by atoms with Gasteiger partial charge in [-0.25, -0.2) is 0 Å². The molecule has 15 heavy (non-hydrogen) atoms. The van der Waals surface area contributed by atoms with E-state index in [0.29, 0.717) is 11.3 Å². The van der Waals surface area contributed by atoms with Gasteiger partial charge < -0.3 is 5.32 Å². The van der Waals surface area contributed by atoms with Gasteiger partial charge in [0.25, 0.3) is 0 Å². The summed E-state index contributed by atoms with van der Waals surface area (Å²) in [4.78, 5) is 11.8. The van der Waals surface area contributed by atoms with Gasteiger partial charge in [0, 0.05) is 17.3 Å². The van der Waals surface area contributed by atoms with Gasteiger partial charge in [0.2, 0.25) is 5.91 Å². The standard InChI is InChI=1S/C12H22ClNO/c1-4-12(2,3)11(15)14-8-9-5-6-10(13)7-9/h9-10H,4-8H2,1-3H3,(H,14,15). The van der Waals surface area contributed by atoms with Crippen molar-refractivity contribution in [3.05, 3.63) is 0 Å². The molecule has 1 N–H and O–H groups in total. The molecular formula is C12H22ClNO. The maximum Gasteiger partial charge on any atom is 0.225 e. The second-order valence-corrected chi connectivity index (χ2v) is 5.84. The maximum absolute atomic E-state index is 11.8. The van der Waals surface area contributed by atoms with E-state index in [1.54, 1.807) is 0 Å². The zero-order valence-electron chi connectivity index (χ0n) is 9.98. The first kappa shape index (κ1) is 12.8. The molecule has 0 radical (unpaired) electrons. The molecule has 2 unspecified atom stereocenters. The van der Waals surface area contributed by atoms with Crippen LogP contribution in [0.5, 0.6) is 0 Å². The highest BCUT2D eigenvalue weighted by Gasteiger charge is 2.27. The van der Waals surface area contributed by atoms with Crippen LogP contribution >= 0.6 is 11.6 Å². The number of amides is 1. The van der Waals surface area contributed by atoms with E-state index in [4.69, 9.17) is 11.6 Å². The molecule has 1 fully saturated rings. The van der Waals surface area contributed by atoms with Crippen LogP contribution in [0.25, 0.3) is 0 Å². The Kier molecular flexibility index (Phi) is 4.45. The highest BCUT2D eigenvalue weighted by atomic mass is 35.5. The molecule has 0 aromatic rings. The van der Waals surface area contributed by atoms with Crippen molar-refractivity contribution < 1.29 is 4.79 Å². The second-order valence-electron chi connectivity index (χ2n) is 5.22. The third-order valence-corrected chi connectivity index (χ3v) is 3.92. The first-order chi connectivity index (χ1) is 6.95. The highest BCUT2D eigenvalue weighted by molar-refractivity contribution is 6.20. The van der Waals surface area contributed by atoms with Crippen LogP contribution in [0.15, 0.2) is 0 Å². The molecule has 1 amide bonds. The zero-order valence-corrected chi connectivity index (χ0v) is 10.7. The second kappa shape index (κ2) is 5.20. The van der Waals surface area contributed by atoms with Gasteiger partial charge in [-0.3, -0.25) is 4.79 Å². The van der Waals surface area contributed by atoms with Crippen LogP contribution < -0.4 is 5.32 Å². The molecule has 0 saturated heterocycles. The highest BCUT2D eigenvalue weighted by Crippen LogP contribution is 2.29. The van der Waals surface area contributed by atoms with Crippen molar-refractivity contribution in [3.8, 4) is 0 Å².